The highest BCUT2D eigenvalue weighted by molar-refractivity contribution is 5.37. The van der Waals surface area contributed by atoms with Gasteiger partial charge in [-0.05, 0) is 12.8 Å². The maximum Gasteiger partial charge on any atom is 0.130 e. The first-order valence-corrected chi connectivity index (χ1v) is 4.89. The van der Waals surface area contributed by atoms with E-state index in [0.29, 0.717) is 12.5 Å². The van der Waals surface area contributed by atoms with Crippen LogP contribution in [0.4, 0.5) is 5.82 Å². The van der Waals surface area contributed by atoms with Crippen LogP contribution in [0.2, 0.25) is 0 Å². The molecule has 14 heavy (non-hydrogen) atoms. The number of rotatable bonds is 3. The molecule has 1 aliphatic rings. The summed E-state index contributed by atoms with van der Waals surface area (Å²) in [6.45, 7) is 0.515. The third kappa shape index (κ3) is 1.85. The molecule has 2 rings (SSSR count). The van der Waals surface area contributed by atoms with Gasteiger partial charge >= 0.3 is 0 Å². The fraction of sp³-hybridized carbons (Fsp3) is 0.455. The Hall–Kier alpha value is -1.56. The van der Waals surface area contributed by atoms with Crippen molar-refractivity contribution in [3.8, 4) is 12.3 Å². The summed E-state index contributed by atoms with van der Waals surface area (Å²) in [4.78, 5) is 8.37. The van der Waals surface area contributed by atoms with E-state index in [0.717, 1.165) is 11.5 Å². The van der Waals surface area contributed by atoms with Crippen LogP contribution >= 0.6 is 0 Å². The van der Waals surface area contributed by atoms with Gasteiger partial charge in [0, 0.05) is 17.7 Å². The summed E-state index contributed by atoms with van der Waals surface area (Å²) < 4.78 is 0. The molecular formula is C11H13N3. The van der Waals surface area contributed by atoms with Crippen LogP contribution in [0, 0.1) is 12.3 Å². The zero-order chi connectivity index (χ0) is 9.80. The van der Waals surface area contributed by atoms with E-state index in [9.17, 15) is 0 Å². The average Bonchev–Trinajstić information content (AvgIpc) is 2.13. The van der Waals surface area contributed by atoms with Crippen LogP contribution in [-0.4, -0.2) is 16.5 Å². The number of hydrogen-bond donors (Lipinski definition) is 1. The van der Waals surface area contributed by atoms with Crippen LogP contribution in [0.15, 0.2) is 12.4 Å². The van der Waals surface area contributed by atoms with E-state index in [1.165, 1.54) is 19.3 Å². The Balaban J connectivity index is 2.06. The standard InChI is InChI=1S/C11H13N3/c1-2-6-12-11-7-10(13-8-14-11)9-4-3-5-9/h1,7-9H,3-6H2,(H,12,13,14). The summed E-state index contributed by atoms with van der Waals surface area (Å²) in [5.74, 6) is 4.00. The van der Waals surface area contributed by atoms with Crippen LogP contribution < -0.4 is 5.32 Å². The van der Waals surface area contributed by atoms with Crippen LogP contribution in [0.25, 0.3) is 0 Å². The van der Waals surface area contributed by atoms with Crippen LogP contribution in [0.5, 0.6) is 0 Å². The molecule has 1 saturated carbocycles. The molecule has 1 aliphatic carbocycles. The molecule has 3 heteroatoms. The lowest BCUT2D eigenvalue weighted by Gasteiger charge is -2.24. The van der Waals surface area contributed by atoms with Gasteiger partial charge in [-0.1, -0.05) is 12.3 Å². The monoisotopic (exact) mass is 187 g/mol. The van der Waals surface area contributed by atoms with E-state index in [4.69, 9.17) is 6.42 Å². The van der Waals surface area contributed by atoms with Crippen molar-refractivity contribution in [3.63, 3.8) is 0 Å². The Labute approximate surface area is 84.0 Å². The lowest BCUT2D eigenvalue weighted by molar-refractivity contribution is 0.411. The average molecular weight is 187 g/mol. The van der Waals surface area contributed by atoms with E-state index < -0.39 is 0 Å². The molecule has 72 valence electrons. The van der Waals surface area contributed by atoms with Gasteiger partial charge in [-0.2, -0.15) is 0 Å². The smallest absolute Gasteiger partial charge is 0.130 e. The Morgan fingerprint density at radius 1 is 1.50 bits per heavy atom. The number of nitrogens with one attached hydrogen (secondary N) is 1. The molecule has 0 spiro atoms. The number of hydrogen-bond acceptors (Lipinski definition) is 3. The van der Waals surface area contributed by atoms with Crippen molar-refractivity contribution >= 4 is 5.82 Å². The van der Waals surface area contributed by atoms with Gasteiger partial charge in [-0.3, -0.25) is 0 Å². The van der Waals surface area contributed by atoms with Crippen LogP contribution in [-0.2, 0) is 0 Å². The zero-order valence-electron chi connectivity index (χ0n) is 8.03. The first kappa shape index (κ1) is 9.01. The van der Waals surface area contributed by atoms with E-state index in [1.807, 2.05) is 6.07 Å². The Kier molecular flexibility index (Phi) is 2.64. The fourth-order valence-corrected chi connectivity index (χ4v) is 1.54. The van der Waals surface area contributed by atoms with Gasteiger partial charge in [-0.15, -0.1) is 6.42 Å². The largest absolute Gasteiger partial charge is 0.359 e. The lowest BCUT2D eigenvalue weighted by atomic mass is 9.83. The molecule has 0 radical (unpaired) electrons. The molecule has 0 unspecified atom stereocenters. The predicted octanol–water partition coefficient (Wildman–Crippen LogP) is 1.79. The molecule has 3 nitrogen and oxygen atoms in total. The molecule has 1 N–H and O–H groups in total. The van der Waals surface area contributed by atoms with Gasteiger partial charge in [0.05, 0.1) is 6.54 Å². The minimum Gasteiger partial charge on any atom is -0.359 e. The molecule has 0 amide bonds. The molecule has 1 aromatic heterocycles. The Morgan fingerprint density at radius 2 is 2.36 bits per heavy atom. The lowest BCUT2D eigenvalue weighted by Crippen LogP contribution is -2.11. The number of aromatic nitrogens is 2. The second-order valence-corrected chi connectivity index (χ2v) is 3.51. The van der Waals surface area contributed by atoms with Gasteiger partial charge in [0.25, 0.3) is 0 Å². The third-order valence-electron chi connectivity index (χ3n) is 2.58. The number of anilines is 1. The van der Waals surface area contributed by atoms with Crippen molar-refractivity contribution in [2.75, 3.05) is 11.9 Å². The van der Waals surface area contributed by atoms with Crippen molar-refractivity contribution in [2.45, 2.75) is 25.2 Å². The highest BCUT2D eigenvalue weighted by atomic mass is 15.0. The van der Waals surface area contributed by atoms with E-state index in [-0.39, 0.29) is 0 Å². The molecule has 0 saturated heterocycles. The molecule has 1 aromatic rings. The minimum absolute atomic E-state index is 0.515. The summed E-state index contributed by atoms with van der Waals surface area (Å²) in [6, 6.07) is 2.00. The molecule has 1 fully saturated rings. The summed E-state index contributed by atoms with van der Waals surface area (Å²) in [7, 11) is 0. The Morgan fingerprint density at radius 3 is 3.00 bits per heavy atom. The Bertz CT molecular complexity index is 350. The molecule has 0 aliphatic heterocycles. The summed E-state index contributed by atoms with van der Waals surface area (Å²) in [5, 5.41) is 3.05. The second kappa shape index (κ2) is 4.10. The molecule has 0 bridgehead atoms. The number of nitrogens with zero attached hydrogens (tertiary/aromatic N) is 2. The van der Waals surface area contributed by atoms with Crippen molar-refractivity contribution in [3.05, 3.63) is 18.1 Å². The van der Waals surface area contributed by atoms with E-state index >= 15 is 0 Å². The summed E-state index contributed by atoms with van der Waals surface area (Å²) in [5.41, 5.74) is 1.14. The van der Waals surface area contributed by atoms with Crippen molar-refractivity contribution in [2.24, 2.45) is 0 Å². The molecule has 0 aromatic carbocycles. The number of terminal acetylenes is 1. The third-order valence-corrected chi connectivity index (χ3v) is 2.58. The van der Waals surface area contributed by atoms with Gasteiger partial charge in [0.2, 0.25) is 0 Å². The summed E-state index contributed by atoms with van der Waals surface area (Å²) >= 11 is 0. The molecular weight excluding hydrogens is 174 g/mol. The first-order valence-electron chi connectivity index (χ1n) is 4.89. The quantitative estimate of drug-likeness (QED) is 0.733. The minimum atomic E-state index is 0.515. The van der Waals surface area contributed by atoms with Crippen LogP contribution in [0.1, 0.15) is 30.9 Å². The topological polar surface area (TPSA) is 37.8 Å². The van der Waals surface area contributed by atoms with E-state index in [2.05, 4.69) is 21.2 Å². The maximum atomic E-state index is 5.16. The van der Waals surface area contributed by atoms with Gasteiger partial charge in [0.1, 0.15) is 12.1 Å². The van der Waals surface area contributed by atoms with Crippen LogP contribution in [0.3, 0.4) is 0 Å². The van der Waals surface area contributed by atoms with Gasteiger partial charge < -0.3 is 5.32 Å². The molecule has 0 atom stereocenters. The second-order valence-electron chi connectivity index (χ2n) is 3.51. The predicted molar refractivity (Wildman–Crippen MR) is 55.9 cm³/mol. The zero-order valence-corrected chi connectivity index (χ0v) is 8.03. The van der Waals surface area contributed by atoms with Crippen molar-refractivity contribution in [1.29, 1.82) is 0 Å². The summed E-state index contributed by atoms with van der Waals surface area (Å²) in [6.07, 6.45) is 10.6. The van der Waals surface area contributed by atoms with Crippen molar-refractivity contribution < 1.29 is 0 Å². The SMILES string of the molecule is C#CCNc1cc(C2CCC2)ncn1. The van der Waals surface area contributed by atoms with E-state index in [1.54, 1.807) is 6.33 Å². The highest BCUT2D eigenvalue weighted by Crippen LogP contribution is 2.35. The molecule has 1 heterocycles. The highest BCUT2D eigenvalue weighted by Gasteiger charge is 2.20. The maximum absolute atomic E-state index is 5.16. The van der Waals surface area contributed by atoms with Crippen molar-refractivity contribution in [1.82, 2.24) is 9.97 Å². The van der Waals surface area contributed by atoms with Gasteiger partial charge in [-0.25, -0.2) is 9.97 Å². The normalized spacial score (nSPS) is 15.6. The fourth-order valence-electron chi connectivity index (χ4n) is 1.54. The van der Waals surface area contributed by atoms with Gasteiger partial charge in [0.15, 0.2) is 0 Å². The first-order chi connectivity index (χ1) is 6.90.